The number of thioether (sulfide) groups is 1. The molecule has 0 aliphatic carbocycles. The molecule has 0 saturated carbocycles. The van der Waals surface area contributed by atoms with Gasteiger partial charge >= 0.3 is 0 Å². The highest BCUT2D eigenvalue weighted by Crippen LogP contribution is 2.32. The molecule has 4 nitrogen and oxygen atoms in total. The van der Waals surface area contributed by atoms with Gasteiger partial charge in [0.05, 0.1) is 19.3 Å². The van der Waals surface area contributed by atoms with Gasteiger partial charge in [-0.2, -0.15) is 0 Å². The first-order valence-corrected chi connectivity index (χ1v) is 8.17. The summed E-state index contributed by atoms with van der Waals surface area (Å²) in [5, 5.41) is 9.31. The minimum Gasteiger partial charge on any atom is -0.394 e. The highest BCUT2D eigenvalue weighted by Gasteiger charge is 2.28. The molecule has 0 spiro atoms. The first kappa shape index (κ1) is 15.6. The van der Waals surface area contributed by atoms with E-state index in [9.17, 15) is 5.11 Å². The molecule has 1 aliphatic rings. The third kappa shape index (κ3) is 3.09. The van der Waals surface area contributed by atoms with Crippen LogP contribution in [0.25, 0.3) is 0 Å². The SMILES string of the molecule is CSc1cccc(N2CC(CO)OCC2C)c1C(N)=S. The van der Waals surface area contributed by atoms with Crippen molar-refractivity contribution in [1.82, 2.24) is 0 Å². The maximum Gasteiger partial charge on any atom is 0.107 e. The Kier molecular flexibility index (Phi) is 5.26. The molecule has 1 aliphatic heterocycles. The van der Waals surface area contributed by atoms with E-state index in [2.05, 4.69) is 11.8 Å². The lowest BCUT2D eigenvalue weighted by Crippen LogP contribution is -2.50. The molecular formula is C14H20N2O2S2. The van der Waals surface area contributed by atoms with Gasteiger partial charge in [-0.25, -0.2) is 0 Å². The fourth-order valence-corrected chi connectivity index (χ4v) is 3.35. The second-order valence-corrected chi connectivity index (χ2v) is 6.15. The molecule has 110 valence electrons. The zero-order valence-electron chi connectivity index (χ0n) is 11.7. The monoisotopic (exact) mass is 312 g/mol. The molecule has 0 aromatic heterocycles. The van der Waals surface area contributed by atoms with Crippen LogP contribution in [0.5, 0.6) is 0 Å². The normalized spacial score (nSPS) is 22.9. The number of aliphatic hydroxyl groups is 1. The zero-order chi connectivity index (χ0) is 14.7. The summed E-state index contributed by atoms with van der Waals surface area (Å²) in [6, 6.07) is 6.30. The third-order valence-corrected chi connectivity index (χ3v) is 4.47. The summed E-state index contributed by atoms with van der Waals surface area (Å²) in [6.45, 7) is 3.35. The van der Waals surface area contributed by atoms with E-state index in [-0.39, 0.29) is 18.8 Å². The highest BCUT2D eigenvalue weighted by atomic mass is 32.2. The largest absolute Gasteiger partial charge is 0.394 e. The molecule has 6 heteroatoms. The van der Waals surface area contributed by atoms with E-state index in [0.29, 0.717) is 18.1 Å². The number of benzene rings is 1. The van der Waals surface area contributed by atoms with Crippen LogP contribution in [0, 0.1) is 0 Å². The fourth-order valence-electron chi connectivity index (χ4n) is 2.44. The zero-order valence-corrected chi connectivity index (χ0v) is 13.3. The third-order valence-electron chi connectivity index (χ3n) is 3.49. The Morgan fingerprint density at radius 3 is 2.95 bits per heavy atom. The minimum absolute atomic E-state index is 0.0217. The number of thiocarbonyl (C=S) groups is 1. The number of rotatable bonds is 4. The maximum atomic E-state index is 9.31. The number of nitrogens with two attached hydrogens (primary N) is 1. The molecule has 2 unspecified atom stereocenters. The van der Waals surface area contributed by atoms with Crippen molar-refractivity contribution in [1.29, 1.82) is 0 Å². The van der Waals surface area contributed by atoms with E-state index >= 15 is 0 Å². The molecule has 2 atom stereocenters. The Bertz CT molecular complexity index is 496. The van der Waals surface area contributed by atoms with Crippen molar-refractivity contribution in [2.45, 2.75) is 24.0 Å². The number of morpholine rings is 1. The Labute approximate surface area is 129 Å². The van der Waals surface area contributed by atoms with E-state index in [1.807, 2.05) is 24.5 Å². The molecule has 1 fully saturated rings. The molecule has 2 rings (SSSR count). The standard InChI is InChI=1S/C14H20N2O2S2/c1-9-8-18-10(7-17)6-16(9)11-4-3-5-12(20-2)13(11)14(15)19/h3-5,9-10,17H,6-8H2,1-2H3,(H2,15,19). The van der Waals surface area contributed by atoms with E-state index in [1.54, 1.807) is 11.8 Å². The summed E-state index contributed by atoms with van der Waals surface area (Å²) < 4.78 is 5.59. The highest BCUT2D eigenvalue weighted by molar-refractivity contribution is 7.98. The predicted molar refractivity (Wildman–Crippen MR) is 87.7 cm³/mol. The van der Waals surface area contributed by atoms with Crippen molar-refractivity contribution in [2.24, 2.45) is 5.73 Å². The van der Waals surface area contributed by atoms with Crippen molar-refractivity contribution >= 4 is 34.7 Å². The van der Waals surface area contributed by atoms with Crippen molar-refractivity contribution in [3.63, 3.8) is 0 Å². The maximum absolute atomic E-state index is 9.31. The first-order valence-electron chi connectivity index (χ1n) is 6.54. The van der Waals surface area contributed by atoms with Gasteiger partial charge in [0.2, 0.25) is 0 Å². The van der Waals surface area contributed by atoms with Crippen LogP contribution in [0.2, 0.25) is 0 Å². The van der Waals surface area contributed by atoms with Gasteiger partial charge in [-0.1, -0.05) is 18.3 Å². The number of aliphatic hydroxyl groups excluding tert-OH is 1. The van der Waals surface area contributed by atoms with Gasteiger partial charge in [-0.15, -0.1) is 11.8 Å². The quantitative estimate of drug-likeness (QED) is 0.651. The van der Waals surface area contributed by atoms with Crippen LogP contribution in [0.4, 0.5) is 5.69 Å². The van der Waals surface area contributed by atoms with Gasteiger partial charge in [-0.3, -0.25) is 0 Å². The van der Waals surface area contributed by atoms with Crippen molar-refractivity contribution in [2.75, 3.05) is 30.9 Å². The number of anilines is 1. The number of nitrogens with zero attached hydrogens (tertiary/aromatic N) is 1. The van der Waals surface area contributed by atoms with E-state index < -0.39 is 0 Å². The topological polar surface area (TPSA) is 58.7 Å². The molecular weight excluding hydrogens is 292 g/mol. The summed E-state index contributed by atoms with van der Waals surface area (Å²) in [7, 11) is 0. The summed E-state index contributed by atoms with van der Waals surface area (Å²) in [5.74, 6) is 0. The summed E-state index contributed by atoms with van der Waals surface area (Å²) in [6.07, 6.45) is 1.85. The van der Waals surface area contributed by atoms with Crippen LogP contribution in [0.1, 0.15) is 12.5 Å². The lowest BCUT2D eigenvalue weighted by molar-refractivity contribution is -0.0103. The van der Waals surface area contributed by atoms with Crippen LogP contribution in [0.3, 0.4) is 0 Å². The predicted octanol–water partition coefficient (Wildman–Crippen LogP) is 1.63. The van der Waals surface area contributed by atoms with Gasteiger partial charge in [0.15, 0.2) is 0 Å². The lowest BCUT2D eigenvalue weighted by Gasteiger charge is -2.40. The average Bonchev–Trinajstić information content (AvgIpc) is 2.46. The molecule has 1 aromatic rings. The molecule has 0 amide bonds. The smallest absolute Gasteiger partial charge is 0.107 e. The molecule has 0 radical (unpaired) electrons. The first-order chi connectivity index (χ1) is 9.58. The van der Waals surface area contributed by atoms with Gasteiger partial charge in [0, 0.05) is 28.7 Å². The van der Waals surface area contributed by atoms with Crippen molar-refractivity contribution < 1.29 is 9.84 Å². The average molecular weight is 312 g/mol. The molecule has 0 bridgehead atoms. The van der Waals surface area contributed by atoms with Crippen LogP contribution in [-0.2, 0) is 4.74 Å². The van der Waals surface area contributed by atoms with Gasteiger partial charge in [0.1, 0.15) is 4.99 Å². The summed E-state index contributed by atoms with van der Waals surface area (Å²) in [4.78, 5) is 3.71. The van der Waals surface area contributed by atoms with Crippen LogP contribution in [-0.4, -0.2) is 48.3 Å². The van der Waals surface area contributed by atoms with Crippen LogP contribution in [0.15, 0.2) is 23.1 Å². The van der Waals surface area contributed by atoms with Crippen molar-refractivity contribution in [3.05, 3.63) is 23.8 Å². The second-order valence-electron chi connectivity index (χ2n) is 4.86. The van der Waals surface area contributed by atoms with Gasteiger partial charge in [0.25, 0.3) is 0 Å². The van der Waals surface area contributed by atoms with Crippen LogP contribution < -0.4 is 10.6 Å². The van der Waals surface area contributed by atoms with Gasteiger partial charge < -0.3 is 20.5 Å². The van der Waals surface area contributed by atoms with E-state index in [1.165, 1.54) is 0 Å². The van der Waals surface area contributed by atoms with E-state index in [0.717, 1.165) is 16.1 Å². The number of hydrogen-bond acceptors (Lipinski definition) is 5. The van der Waals surface area contributed by atoms with Gasteiger partial charge in [-0.05, 0) is 25.3 Å². The Hall–Kier alpha value is -0.820. The Morgan fingerprint density at radius 1 is 1.60 bits per heavy atom. The Morgan fingerprint density at radius 2 is 2.35 bits per heavy atom. The molecule has 1 saturated heterocycles. The molecule has 1 heterocycles. The van der Waals surface area contributed by atoms with Crippen LogP contribution >= 0.6 is 24.0 Å². The minimum atomic E-state index is -0.164. The Balaban J connectivity index is 2.42. The molecule has 1 aromatic carbocycles. The molecule has 3 N–H and O–H groups in total. The number of hydrogen-bond donors (Lipinski definition) is 2. The van der Waals surface area contributed by atoms with Crippen molar-refractivity contribution in [3.8, 4) is 0 Å². The second kappa shape index (κ2) is 6.76. The van der Waals surface area contributed by atoms with E-state index in [4.69, 9.17) is 22.7 Å². The molecule has 20 heavy (non-hydrogen) atoms. The summed E-state index contributed by atoms with van der Waals surface area (Å²) in [5.41, 5.74) is 7.86. The fraction of sp³-hybridized carbons (Fsp3) is 0.500. The summed E-state index contributed by atoms with van der Waals surface area (Å²) >= 11 is 6.86. The lowest BCUT2D eigenvalue weighted by atomic mass is 10.1. The number of ether oxygens (including phenoxy) is 1.